The number of nitrogens with two attached hydrogens (primary N) is 1. The molecule has 1 rings (SSSR count). The number of hydrogen-bond acceptors (Lipinski definition) is 3. The summed E-state index contributed by atoms with van der Waals surface area (Å²) < 4.78 is 30.6. The van der Waals surface area contributed by atoms with Gasteiger partial charge in [-0.1, -0.05) is 6.07 Å². The standard InChI is InChI=1S/C10H11F2NO2/c1-15-5-8(13)10(14)6-3-2-4-7(11)9(6)12/h2-4,8H,5,13H2,1H3. The zero-order valence-electron chi connectivity index (χ0n) is 8.17. The van der Waals surface area contributed by atoms with Crippen molar-refractivity contribution in [2.75, 3.05) is 13.7 Å². The van der Waals surface area contributed by atoms with E-state index >= 15 is 0 Å². The fraction of sp³-hybridized carbons (Fsp3) is 0.300. The van der Waals surface area contributed by atoms with Crippen LogP contribution in [0.25, 0.3) is 0 Å². The van der Waals surface area contributed by atoms with E-state index in [0.29, 0.717) is 0 Å². The highest BCUT2D eigenvalue weighted by Gasteiger charge is 2.20. The molecule has 1 aromatic carbocycles. The van der Waals surface area contributed by atoms with Crippen molar-refractivity contribution < 1.29 is 18.3 Å². The summed E-state index contributed by atoms with van der Waals surface area (Å²) in [6.07, 6.45) is 0. The lowest BCUT2D eigenvalue weighted by molar-refractivity contribution is 0.0887. The highest BCUT2D eigenvalue weighted by molar-refractivity contribution is 6.00. The van der Waals surface area contributed by atoms with E-state index in [9.17, 15) is 13.6 Å². The van der Waals surface area contributed by atoms with E-state index in [1.165, 1.54) is 19.2 Å². The van der Waals surface area contributed by atoms with Crippen molar-refractivity contribution in [3.63, 3.8) is 0 Å². The van der Waals surface area contributed by atoms with E-state index in [1.807, 2.05) is 0 Å². The van der Waals surface area contributed by atoms with Crippen LogP contribution in [-0.2, 0) is 4.74 Å². The first-order chi connectivity index (χ1) is 7.07. The Balaban J connectivity index is 2.96. The number of carbonyl (C=O) groups excluding carboxylic acids is 1. The molecule has 3 nitrogen and oxygen atoms in total. The molecule has 0 aliphatic carbocycles. The van der Waals surface area contributed by atoms with Gasteiger partial charge in [-0.05, 0) is 12.1 Å². The lowest BCUT2D eigenvalue weighted by atomic mass is 10.0. The number of methoxy groups -OCH3 is 1. The van der Waals surface area contributed by atoms with Crippen molar-refractivity contribution in [3.8, 4) is 0 Å². The van der Waals surface area contributed by atoms with Crippen LogP contribution in [0.4, 0.5) is 8.78 Å². The topological polar surface area (TPSA) is 52.3 Å². The minimum Gasteiger partial charge on any atom is -0.383 e. The Morgan fingerprint density at radius 3 is 2.80 bits per heavy atom. The number of hydrogen-bond donors (Lipinski definition) is 1. The van der Waals surface area contributed by atoms with Gasteiger partial charge in [0.1, 0.15) is 0 Å². The molecule has 0 aliphatic rings. The van der Waals surface area contributed by atoms with Gasteiger partial charge in [0, 0.05) is 7.11 Å². The lowest BCUT2D eigenvalue weighted by Gasteiger charge is -2.09. The predicted molar refractivity (Wildman–Crippen MR) is 50.5 cm³/mol. The van der Waals surface area contributed by atoms with Crippen molar-refractivity contribution in [1.29, 1.82) is 0 Å². The van der Waals surface area contributed by atoms with Crippen molar-refractivity contribution in [2.45, 2.75) is 6.04 Å². The first-order valence-electron chi connectivity index (χ1n) is 4.30. The SMILES string of the molecule is COCC(N)C(=O)c1cccc(F)c1F. The van der Waals surface area contributed by atoms with Gasteiger partial charge in [0.15, 0.2) is 17.4 Å². The Bertz CT molecular complexity index is 368. The van der Waals surface area contributed by atoms with E-state index in [0.717, 1.165) is 6.07 Å². The molecule has 1 unspecified atom stereocenters. The Morgan fingerprint density at radius 1 is 1.53 bits per heavy atom. The summed E-state index contributed by atoms with van der Waals surface area (Å²) in [5.41, 5.74) is 5.07. The normalized spacial score (nSPS) is 12.5. The van der Waals surface area contributed by atoms with Gasteiger partial charge >= 0.3 is 0 Å². The van der Waals surface area contributed by atoms with Gasteiger partial charge in [-0.25, -0.2) is 8.78 Å². The van der Waals surface area contributed by atoms with Crippen molar-refractivity contribution in [3.05, 3.63) is 35.4 Å². The summed E-state index contributed by atoms with van der Waals surface area (Å²) in [6.45, 7) is -0.0329. The van der Waals surface area contributed by atoms with E-state index in [-0.39, 0.29) is 12.2 Å². The molecule has 0 aliphatic heterocycles. The summed E-state index contributed by atoms with van der Waals surface area (Å²) in [7, 11) is 1.37. The molecule has 0 saturated heterocycles. The van der Waals surface area contributed by atoms with Gasteiger partial charge in [0.2, 0.25) is 0 Å². The number of carbonyl (C=O) groups is 1. The van der Waals surface area contributed by atoms with Gasteiger partial charge in [-0.2, -0.15) is 0 Å². The van der Waals surface area contributed by atoms with Crippen LogP contribution >= 0.6 is 0 Å². The molecule has 0 fully saturated rings. The Kier molecular flexibility index (Phi) is 3.88. The molecule has 1 atom stereocenters. The second-order valence-electron chi connectivity index (χ2n) is 3.03. The van der Waals surface area contributed by atoms with Crippen LogP contribution in [0, 0.1) is 11.6 Å². The fourth-order valence-electron chi connectivity index (χ4n) is 1.15. The molecule has 1 aromatic rings. The number of Topliss-reactive ketones (excluding diaryl/α,β-unsaturated/α-hetero) is 1. The van der Waals surface area contributed by atoms with Crippen molar-refractivity contribution >= 4 is 5.78 Å². The summed E-state index contributed by atoms with van der Waals surface area (Å²) in [5, 5.41) is 0. The van der Waals surface area contributed by atoms with E-state index < -0.39 is 23.5 Å². The number of benzene rings is 1. The van der Waals surface area contributed by atoms with E-state index in [2.05, 4.69) is 4.74 Å². The third kappa shape index (κ3) is 2.57. The fourth-order valence-corrected chi connectivity index (χ4v) is 1.15. The van der Waals surface area contributed by atoms with Crippen LogP contribution in [0.5, 0.6) is 0 Å². The third-order valence-electron chi connectivity index (χ3n) is 1.90. The van der Waals surface area contributed by atoms with Crippen LogP contribution in [0.15, 0.2) is 18.2 Å². The second-order valence-corrected chi connectivity index (χ2v) is 3.03. The number of halogens is 2. The monoisotopic (exact) mass is 215 g/mol. The zero-order valence-corrected chi connectivity index (χ0v) is 8.17. The maximum absolute atomic E-state index is 13.2. The zero-order chi connectivity index (χ0) is 11.4. The highest BCUT2D eigenvalue weighted by atomic mass is 19.2. The molecule has 0 aromatic heterocycles. The highest BCUT2D eigenvalue weighted by Crippen LogP contribution is 2.12. The molecule has 0 radical (unpaired) electrons. The van der Waals surface area contributed by atoms with Gasteiger partial charge in [-0.3, -0.25) is 4.79 Å². The van der Waals surface area contributed by atoms with Crippen LogP contribution in [0.2, 0.25) is 0 Å². The van der Waals surface area contributed by atoms with Crippen LogP contribution < -0.4 is 5.73 Å². The largest absolute Gasteiger partial charge is 0.383 e. The molecular formula is C10H11F2NO2. The molecule has 0 spiro atoms. The lowest BCUT2D eigenvalue weighted by Crippen LogP contribution is -2.35. The number of ketones is 1. The average molecular weight is 215 g/mol. The predicted octanol–water partition coefficient (Wildman–Crippen LogP) is 1.12. The molecule has 0 bridgehead atoms. The van der Waals surface area contributed by atoms with Crippen LogP contribution in [-0.4, -0.2) is 25.5 Å². The molecule has 5 heteroatoms. The number of rotatable bonds is 4. The summed E-state index contributed by atoms with van der Waals surface area (Å²) in [4.78, 5) is 11.5. The van der Waals surface area contributed by atoms with Crippen LogP contribution in [0.3, 0.4) is 0 Å². The molecule has 0 saturated carbocycles. The van der Waals surface area contributed by atoms with Gasteiger partial charge in [0.05, 0.1) is 18.2 Å². The van der Waals surface area contributed by atoms with Gasteiger partial charge in [-0.15, -0.1) is 0 Å². The minimum atomic E-state index is -1.17. The molecule has 2 N–H and O–H groups in total. The Morgan fingerprint density at radius 2 is 2.20 bits per heavy atom. The van der Waals surface area contributed by atoms with Crippen LogP contribution in [0.1, 0.15) is 10.4 Å². The summed E-state index contributed by atoms with van der Waals surface area (Å²) in [6, 6.07) is 2.40. The van der Waals surface area contributed by atoms with E-state index in [1.54, 1.807) is 0 Å². The molecule has 0 heterocycles. The van der Waals surface area contributed by atoms with Gasteiger partial charge < -0.3 is 10.5 Å². The first-order valence-corrected chi connectivity index (χ1v) is 4.30. The third-order valence-corrected chi connectivity index (χ3v) is 1.90. The molecule has 0 amide bonds. The number of ether oxygens (including phenoxy) is 1. The quantitative estimate of drug-likeness (QED) is 0.766. The maximum atomic E-state index is 13.2. The first kappa shape index (κ1) is 11.7. The molecule has 82 valence electrons. The Labute approximate surface area is 85.8 Å². The van der Waals surface area contributed by atoms with E-state index in [4.69, 9.17) is 5.73 Å². The second kappa shape index (κ2) is 4.95. The average Bonchev–Trinajstić information content (AvgIpc) is 2.21. The molecule has 15 heavy (non-hydrogen) atoms. The maximum Gasteiger partial charge on any atom is 0.184 e. The smallest absolute Gasteiger partial charge is 0.184 e. The van der Waals surface area contributed by atoms with Gasteiger partial charge in [0.25, 0.3) is 0 Å². The Hall–Kier alpha value is -1.33. The van der Waals surface area contributed by atoms with Crippen molar-refractivity contribution in [2.24, 2.45) is 5.73 Å². The minimum absolute atomic E-state index is 0.0329. The summed E-state index contributed by atoms with van der Waals surface area (Å²) in [5.74, 6) is -2.91. The summed E-state index contributed by atoms with van der Waals surface area (Å²) >= 11 is 0. The molecular weight excluding hydrogens is 204 g/mol. The van der Waals surface area contributed by atoms with Crippen molar-refractivity contribution in [1.82, 2.24) is 0 Å².